The molecule has 0 bridgehead atoms. The standard InChI is InChI=1S/C28H30Cl2FN3O4/c1-36-26(15-6-7-15)20(25(32)24-21(29)4-3-5-22(24)30)14-38-19-8-17-12-34(13-18(17)9-19)27-23(31)10-16(11-33-27)28(35)37-2/h3-5,10-11,15,17-19,32H,6-9,12-14H2,1-2H3/b26-20-,32-25?/t17-,18+,19?. The Morgan fingerprint density at radius 3 is 2.34 bits per heavy atom. The van der Waals surface area contributed by atoms with Gasteiger partial charge >= 0.3 is 5.97 Å². The fraction of sp³-hybridized carbons (Fsp3) is 0.464. The van der Waals surface area contributed by atoms with Crippen molar-refractivity contribution in [3.63, 3.8) is 0 Å². The van der Waals surface area contributed by atoms with E-state index in [1.165, 1.54) is 19.4 Å². The molecule has 38 heavy (non-hydrogen) atoms. The molecule has 2 aliphatic carbocycles. The van der Waals surface area contributed by atoms with E-state index >= 15 is 0 Å². The first-order valence-corrected chi connectivity index (χ1v) is 13.5. The van der Waals surface area contributed by atoms with Crippen molar-refractivity contribution in [3.05, 3.63) is 68.8 Å². The number of rotatable bonds is 9. The number of aromatic nitrogens is 1. The number of anilines is 1. The average Bonchev–Trinajstić information content (AvgIpc) is 3.55. The number of hydrogen-bond donors (Lipinski definition) is 1. The Labute approximate surface area is 231 Å². The predicted molar refractivity (Wildman–Crippen MR) is 144 cm³/mol. The Morgan fingerprint density at radius 1 is 1.13 bits per heavy atom. The number of carbonyl (C=O) groups is 1. The third kappa shape index (κ3) is 5.40. The first-order valence-electron chi connectivity index (χ1n) is 12.7. The third-order valence-electron chi connectivity index (χ3n) is 7.69. The number of nitrogens with zero attached hydrogens (tertiary/aromatic N) is 2. The van der Waals surface area contributed by atoms with Gasteiger partial charge in [0.2, 0.25) is 0 Å². The van der Waals surface area contributed by atoms with Crippen LogP contribution in [0.4, 0.5) is 10.2 Å². The number of hydrogen-bond acceptors (Lipinski definition) is 7. The van der Waals surface area contributed by atoms with Crippen molar-refractivity contribution < 1.29 is 23.4 Å². The number of methoxy groups -OCH3 is 2. The fourth-order valence-electron chi connectivity index (χ4n) is 5.68. The number of pyridine rings is 1. The summed E-state index contributed by atoms with van der Waals surface area (Å²) in [6.07, 6.45) is 5.08. The Kier molecular flexibility index (Phi) is 7.93. The molecular formula is C28H30Cl2FN3O4. The molecule has 0 spiro atoms. The summed E-state index contributed by atoms with van der Waals surface area (Å²) < 4.78 is 31.5. The molecule has 1 N–H and O–H groups in total. The highest BCUT2D eigenvalue weighted by Crippen LogP contribution is 2.43. The van der Waals surface area contributed by atoms with Crippen LogP contribution in [0.5, 0.6) is 0 Å². The number of carbonyl (C=O) groups excluding carboxylic acids is 1. The molecule has 10 heteroatoms. The number of esters is 1. The maximum absolute atomic E-state index is 14.7. The summed E-state index contributed by atoms with van der Waals surface area (Å²) in [5.74, 6) is 0.858. The molecule has 1 aromatic carbocycles. The highest BCUT2D eigenvalue weighted by molar-refractivity contribution is 6.41. The zero-order valence-corrected chi connectivity index (χ0v) is 22.8. The molecule has 3 atom stereocenters. The van der Waals surface area contributed by atoms with Gasteiger partial charge in [0.1, 0.15) is 5.76 Å². The maximum Gasteiger partial charge on any atom is 0.339 e. The Morgan fingerprint density at radius 2 is 1.79 bits per heavy atom. The van der Waals surface area contributed by atoms with Gasteiger partial charge in [0, 0.05) is 36.3 Å². The largest absolute Gasteiger partial charge is 0.500 e. The van der Waals surface area contributed by atoms with Crippen molar-refractivity contribution in [2.75, 3.05) is 38.8 Å². The van der Waals surface area contributed by atoms with Crippen LogP contribution in [-0.4, -0.2) is 56.7 Å². The summed E-state index contributed by atoms with van der Waals surface area (Å²) in [5.41, 5.74) is 1.48. The monoisotopic (exact) mass is 561 g/mol. The lowest BCUT2D eigenvalue weighted by Crippen LogP contribution is -2.26. The van der Waals surface area contributed by atoms with Crippen LogP contribution in [0.3, 0.4) is 0 Å². The zero-order valence-electron chi connectivity index (χ0n) is 21.3. The molecule has 2 saturated carbocycles. The maximum atomic E-state index is 14.7. The third-order valence-corrected chi connectivity index (χ3v) is 8.32. The lowest BCUT2D eigenvalue weighted by atomic mass is 10.00. The number of fused-ring (bicyclic) bond motifs is 1. The molecule has 1 aliphatic heterocycles. The molecule has 7 nitrogen and oxygen atoms in total. The molecule has 202 valence electrons. The van der Waals surface area contributed by atoms with Crippen molar-refractivity contribution >= 4 is 40.7 Å². The van der Waals surface area contributed by atoms with Crippen molar-refractivity contribution in [1.29, 1.82) is 5.41 Å². The van der Waals surface area contributed by atoms with Crippen LogP contribution in [0.1, 0.15) is 41.6 Å². The predicted octanol–water partition coefficient (Wildman–Crippen LogP) is 5.92. The molecule has 1 aromatic heterocycles. The summed E-state index contributed by atoms with van der Waals surface area (Å²) >= 11 is 12.8. The van der Waals surface area contributed by atoms with Gasteiger partial charge in [-0.15, -0.1) is 0 Å². The van der Waals surface area contributed by atoms with Gasteiger partial charge in [0.15, 0.2) is 11.6 Å². The highest BCUT2D eigenvalue weighted by Gasteiger charge is 2.43. The molecule has 1 unspecified atom stereocenters. The molecule has 3 aliphatic rings. The van der Waals surface area contributed by atoms with Crippen LogP contribution in [0.2, 0.25) is 10.0 Å². The van der Waals surface area contributed by atoms with Crippen molar-refractivity contribution in [1.82, 2.24) is 4.98 Å². The first-order chi connectivity index (χ1) is 18.3. The van der Waals surface area contributed by atoms with E-state index in [-0.39, 0.29) is 35.7 Å². The van der Waals surface area contributed by atoms with Gasteiger partial charge in [-0.25, -0.2) is 14.2 Å². The van der Waals surface area contributed by atoms with E-state index in [9.17, 15) is 9.18 Å². The van der Waals surface area contributed by atoms with Gasteiger partial charge in [-0.1, -0.05) is 29.3 Å². The number of nitrogens with one attached hydrogen (secondary N) is 1. The van der Waals surface area contributed by atoms with Crippen molar-refractivity contribution in [2.45, 2.75) is 31.8 Å². The molecule has 0 radical (unpaired) electrons. The summed E-state index contributed by atoms with van der Waals surface area (Å²) in [4.78, 5) is 17.8. The van der Waals surface area contributed by atoms with Crippen molar-refractivity contribution in [3.8, 4) is 0 Å². The molecule has 2 aromatic rings. The molecule has 0 amide bonds. The van der Waals surface area contributed by atoms with E-state index < -0.39 is 11.8 Å². The first kappa shape index (κ1) is 26.9. The second-order valence-electron chi connectivity index (χ2n) is 10.1. The normalized spacial score (nSPS) is 23.2. The van der Waals surface area contributed by atoms with Crippen LogP contribution in [0.15, 0.2) is 41.8 Å². The molecule has 3 fully saturated rings. The van der Waals surface area contributed by atoms with Crippen LogP contribution in [0.25, 0.3) is 0 Å². The van der Waals surface area contributed by atoms with E-state index in [1.807, 2.05) is 4.90 Å². The van der Waals surface area contributed by atoms with E-state index in [2.05, 4.69) is 9.72 Å². The van der Waals surface area contributed by atoms with E-state index in [4.69, 9.17) is 38.1 Å². The second-order valence-corrected chi connectivity index (χ2v) is 11.0. The average molecular weight is 562 g/mol. The van der Waals surface area contributed by atoms with Gasteiger partial charge in [-0.2, -0.15) is 0 Å². The van der Waals surface area contributed by atoms with Gasteiger partial charge in [-0.3, -0.25) is 5.41 Å². The van der Waals surface area contributed by atoms with Crippen LogP contribution in [0, 0.1) is 29.0 Å². The number of benzene rings is 1. The minimum atomic E-state index is -0.613. The topological polar surface area (TPSA) is 84.7 Å². The summed E-state index contributed by atoms with van der Waals surface area (Å²) in [6.45, 7) is 1.58. The van der Waals surface area contributed by atoms with Crippen LogP contribution < -0.4 is 4.90 Å². The van der Waals surface area contributed by atoms with E-state index in [0.717, 1.165) is 31.4 Å². The molecule has 2 heterocycles. The smallest absolute Gasteiger partial charge is 0.339 e. The summed E-state index contributed by atoms with van der Waals surface area (Å²) in [7, 11) is 2.89. The molecular weight excluding hydrogens is 532 g/mol. The fourth-order valence-corrected chi connectivity index (χ4v) is 6.27. The molecule has 1 saturated heterocycles. The Hall–Kier alpha value is -2.68. The lowest BCUT2D eigenvalue weighted by molar-refractivity contribution is 0.0599. The SMILES string of the molecule is COC(=O)c1cnc(N2C[C@H]3CC(OC/C(C(=N)c4c(Cl)cccc4Cl)=C(/OC)C4CC4)C[C@H]3C2)c(F)c1. The van der Waals surface area contributed by atoms with Gasteiger partial charge in [0.05, 0.1) is 48.3 Å². The van der Waals surface area contributed by atoms with Crippen LogP contribution >= 0.6 is 23.2 Å². The number of allylic oxidation sites excluding steroid dienone is 1. The highest BCUT2D eigenvalue weighted by atomic mass is 35.5. The quantitative estimate of drug-likeness (QED) is 0.232. The summed E-state index contributed by atoms with van der Waals surface area (Å²) in [6, 6.07) is 6.39. The number of halogens is 3. The van der Waals surface area contributed by atoms with Crippen LogP contribution in [-0.2, 0) is 14.2 Å². The van der Waals surface area contributed by atoms with E-state index in [0.29, 0.717) is 46.1 Å². The zero-order chi connectivity index (χ0) is 27.0. The second kappa shape index (κ2) is 11.2. The summed E-state index contributed by atoms with van der Waals surface area (Å²) in [5, 5.41) is 9.79. The minimum Gasteiger partial charge on any atom is -0.500 e. The Balaban J connectivity index is 1.25. The van der Waals surface area contributed by atoms with Crippen molar-refractivity contribution in [2.24, 2.45) is 17.8 Å². The van der Waals surface area contributed by atoms with E-state index in [1.54, 1.807) is 25.3 Å². The minimum absolute atomic E-state index is 0.0217. The Bertz CT molecular complexity index is 1250. The van der Waals surface area contributed by atoms with Gasteiger partial charge in [0.25, 0.3) is 0 Å². The molecule has 5 rings (SSSR count). The van der Waals surface area contributed by atoms with Gasteiger partial charge in [-0.05, 0) is 55.7 Å². The number of ether oxygens (including phenoxy) is 3. The lowest BCUT2D eigenvalue weighted by Gasteiger charge is -2.22. The van der Waals surface area contributed by atoms with Gasteiger partial charge < -0.3 is 19.1 Å².